The summed E-state index contributed by atoms with van der Waals surface area (Å²) in [5.74, 6) is 5.72. The first-order chi connectivity index (χ1) is 9.67. The summed E-state index contributed by atoms with van der Waals surface area (Å²) in [5, 5.41) is 3.50. The Bertz CT molecular complexity index is 707. The Balaban J connectivity index is 1.90. The lowest BCUT2D eigenvalue weighted by Crippen LogP contribution is -2.29. The molecule has 0 aliphatic carbocycles. The number of thiophene rings is 2. The molecular formula is C14H12Cl2N2S2. The van der Waals surface area contributed by atoms with Gasteiger partial charge in [0.2, 0.25) is 0 Å². The van der Waals surface area contributed by atoms with Crippen LogP contribution in [0.1, 0.15) is 16.5 Å². The van der Waals surface area contributed by atoms with Crippen molar-refractivity contribution in [2.45, 2.75) is 12.5 Å². The lowest BCUT2D eigenvalue weighted by molar-refractivity contribution is 0.561. The van der Waals surface area contributed by atoms with E-state index < -0.39 is 0 Å². The molecule has 0 radical (unpaired) electrons. The average Bonchev–Trinajstić information content (AvgIpc) is 3.00. The number of nitrogens with two attached hydrogens (primary N) is 1. The minimum absolute atomic E-state index is 0.0376. The van der Waals surface area contributed by atoms with Gasteiger partial charge in [0.1, 0.15) is 0 Å². The van der Waals surface area contributed by atoms with Gasteiger partial charge < -0.3 is 0 Å². The number of hydrogen-bond acceptors (Lipinski definition) is 4. The Labute approximate surface area is 135 Å². The van der Waals surface area contributed by atoms with Crippen molar-refractivity contribution >= 4 is 55.3 Å². The molecule has 2 nitrogen and oxygen atoms in total. The van der Waals surface area contributed by atoms with Crippen LogP contribution in [0, 0.1) is 0 Å². The van der Waals surface area contributed by atoms with E-state index in [0.717, 1.165) is 5.56 Å². The number of nitrogens with one attached hydrogen (secondary N) is 1. The minimum atomic E-state index is 0.0376. The van der Waals surface area contributed by atoms with Crippen molar-refractivity contribution in [3.63, 3.8) is 0 Å². The van der Waals surface area contributed by atoms with E-state index in [1.165, 1.54) is 14.3 Å². The molecule has 104 valence electrons. The third-order valence-corrected chi connectivity index (χ3v) is 5.95. The van der Waals surface area contributed by atoms with Gasteiger partial charge in [0.25, 0.3) is 0 Å². The molecule has 0 aliphatic rings. The fourth-order valence-electron chi connectivity index (χ4n) is 2.12. The number of rotatable bonds is 4. The van der Waals surface area contributed by atoms with E-state index >= 15 is 0 Å². The molecule has 0 saturated carbocycles. The van der Waals surface area contributed by atoms with Gasteiger partial charge in [0.05, 0.1) is 6.04 Å². The lowest BCUT2D eigenvalue weighted by Gasteiger charge is -2.15. The van der Waals surface area contributed by atoms with E-state index in [1.54, 1.807) is 28.7 Å². The Morgan fingerprint density at radius 3 is 2.75 bits per heavy atom. The van der Waals surface area contributed by atoms with Gasteiger partial charge in [0, 0.05) is 24.3 Å². The highest BCUT2D eigenvalue weighted by atomic mass is 35.5. The molecule has 0 saturated heterocycles. The van der Waals surface area contributed by atoms with Crippen molar-refractivity contribution in [3.05, 3.63) is 56.2 Å². The van der Waals surface area contributed by atoms with Gasteiger partial charge in [0.15, 0.2) is 0 Å². The highest BCUT2D eigenvalue weighted by Gasteiger charge is 2.16. The normalized spacial score (nSPS) is 12.9. The van der Waals surface area contributed by atoms with Crippen LogP contribution in [-0.4, -0.2) is 0 Å². The monoisotopic (exact) mass is 342 g/mol. The van der Waals surface area contributed by atoms with Crippen LogP contribution in [-0.2, 0) is 6.42 Å². The zero-order valence-corrected chi connectivity index (χ0v) is 13.5. The smallest absolute Gasteiger partial charge is 0.0594 e. The largest absolute Gasteiger partial charge is 0.271 e. The van der Waals surface area contributed by atoms with Crippen molar-refractivity contribution in [2.24, 2.45) is 5.84 Å². The molecule has 1 aromatic carbocycles. The standard InChI is InChI=1S/C14H12Cl2N2S2/c15-9-1-2-10(16)8(5-9)6-11(18-17)13-7-14-12(20-13)3-4-19-14/h1-5,7,11,18H,6,17H2. The summed E-state index contributed by atoms with van der Waals surface area (Å²) < 4.78 is 2.59. The van der Waals surface area contributed by atoms with Gasteiger partial charge in [-0.15, -0.1) is 22.7 Å². The van der Waals surface area contributed by atoms with Gasteiger partial charge in [-0.05, 0) is 47.7 Å². The number of fused-ring (bicyclic) bond motifs is 1. The molecule has 0 spiro atoms. The first kappa shape index (κ1) is 14.3. The van der Waals surface area contributed by atoms with Crippen LogP contribution in [0.4, 0.5) is 0 Å². The molecule has 3 aromatic rings. The molecule has 2 heterocycles. The number of halogens is 2. The maximum Gasteiger partial charge on any atom is 0.0594 e. The van der Waals surface area contributed by atoms with Crippen LogP contribution in [0.3, 0.4) is 0 Å². The summed E-state index contributed by atoms with van der Waals surface area (Å²) in [4.78, 5) is 1.21. The van der Waals surface area contributed by atoms with Crippen molar-refractivity contribution in [1.29, 1.82) is 0 Å². The molecule has 1 unspecified atom stereocenters. The molecule has 0 aliphatic heterocycles. The predicted molar refractivity (Wildman–Crippen MR) is 89.9 cm³/mol. The molecule has 1 atom stereocenters. The second-order valence-corrected chi connectivity index (χ2v) is 7.36. The molecule has 20 heavy (non-hydrogen) atoms. The molecular weight excluding hydrogens is 331 g/mol. The molecule has 3 rings (SSSR count). The van der Waals surface area contributed by atoms with Crippen LogP contribution < -0.4 is 11.3 Å². The number of hydrogen-bond donors (Lipinski definition) is 2. The van der Waals surface area contributed by atoms with Gasteiger partial charge in [-0.1, -0.05) is 23.2 Å². The first-order valence-electron chi connectivity index (χ1n) is 6.04. The second kappa shape index (κ2) is 6.02. The van der Waals surface area contributed by atoms with Crippen molar-refractivity contribution in [2.75, 3.05) is 0 Å². The van der Waals surface area contributed by atoms with E-state index in [9.17, 15) is 0 Å². The average molecular weight is 343 g/mol. The van der Waals surface area contributed by atoms with Gasteiger partial charge in [-0.25, -0.2) is 0 Å². The van der Waals surface area contributed by atoms with Crippen LogP contribution >= 0.6 is 45.9 Å². The van der Waals surface area contributed by atoms with Crippen molar-refractivity contribution in [3.8, 4) is 0 Å². The molecule has 3 N–H and O–H groups in total. The Morgan fingerprint density at radius 2 is 2.00 bits per heavy atom. The van der Waals surface area contributed by atoms with Gasteiger partial charge in [-0.3, -0.25) is 11.3 Å². The summed E-state index contributed by atoms with van der Waals surface area (Å²) in [7, 11) is 0. The molecule has 0 amide bonds. The molecule has 0 fully saturated rings. The highest BCUT2D eigenvalue weighted by molar-refractivity contribution is 7.26. The van der Waals surface area contributed by atoms with Crippen LogP contribution in [0.2, 0.25) is 10.0 Å². The fraction of sp³-hybridized carbons (Fsp3) is 0.143. The SMILES string of the molecule is NNC(Cc1cc(Cl)ccc1Cl)c1cc2sccc2s1. The Kier molecular flexibility index (Phi) is 4.31. The minimum Gasteiger partial charge on any atom is -0.271 e. The van der Waals surface area contributed by atoms with Crippen LogP contribution in [0.15, 0.2) is 35.7 Å². The summed E-state index contributed by atoms with van der Waals surface area (Å²) in [6.45, 7) is 0. The fourth-order valence-corrected chi connectivity index (χ4v) is 4.69. The molecule has 6 heteroatoms. The summed E-state index contributed by atoms with van der Waals surface area (Å²) in [5.41, 5.74) is 3.88. The van der Waals surface area contributed by atoms with Gasteiger partial charge >= 0.3 is 0 Å². The first-order valence-corrected chi connectivity index (χ1v) is 8.49. The summed E-state index contributed by atoms with van der Waals surface area (Å²) >= 11 is 15.8. The summed E-state index contributed by atoms with van der Waals surface area (Å²) in [6.07, 6.45) is 0.712. The number of hydrazine groups is 1. The zero-order valence-electron chi connectivity index (χ0n) is 10.4. The quantitative estimate of drug-likeness (QED) is 0.516. The van der Waals surface area contributed by atoms with Crippen molar-refractivity contribution < 1.29 is 0 Å². The Hall–Kier alpha value is -0.620. The van der Waals surface area contributed by atoms with Crippen LogP contribution in [0.5, 0.6) is 0 Å². The Morgan fingerprint density at radius 1 is 1.15 bits per heavy atom. The third-order valence-electron chi connectivity index (χ3n) is 3.13. The molecule has 2 aromatic heterocycles. The van der Waals surface area contributed by atoms with E-state index in [4.69, 9.17) is 29.0 Å². The van der Waals surface area contributed by atoms with Crippen molar-refractivity contribution in [1.82, 2.24) is 5.43 Å². The second-order valence-electron chi connectivity index (χ2n) is 4.46. The lowest BCUT2D eigenvalue weighted by atomic mass is 10.1. The predicted octanol–water partition coefficient (Wildman–Crippen LogP) is 5.02. The molecule has 0 bridgehead atoms. The van der Waals surface area contributed by atoms with Crippen LogP contribution in [0.25, 0.3) is 9.40 Å². The van der Waals surface area contributed by atoms with E-state index in [2.05, 4.69) is 22.9 Å². The van der Waals surface area contributed by atoms with E-state index in [-0.39, 0.29) is 6.04 Å². The number of benzene rings is 1. The highest BCUT2D eigenvalue weighted by Crippen LogP contribution is 2.35. The van der Waals surface area contributed by atoms with Gasteiger partial charge in [-0.2, -0.15) is 0 Å². The zero-order chi connectivity index (χ0) is 14.1. The topological polar surface area (TPSA) is 38.0 Å². The third kappa shape index (κ3) is 2.86. The van der Waals surface area contributed by atoms with E-state index in [1.807, 2.05) is 12.1 Å². The van der Waals surface area contributed by atoms with E-state index in [0.29, 0.717) is 16.5 Å². The maximum absolute atomic E-state index is 6.22. The summed E-state index contributed by atoms with van der Waals surface area (Å²) in [6, 6.07) is 9.86. The maximum atomic E-state index is 6.22.